The molecule has 3 unspecified atom stereocenters. The molecule has 0 spiro atoms. The average Bonchev–Trinajstić information content (AvgIpc) is 2.57. The summed E-state index contributed by atoms with van der Waals surface area (Å²) >= 11 is 0. The molecule has 1 N–H and O–H groups in total. The first-order valence-corrected chi connectivity index (χ1v) is 7.23. The minimum Gasteiger partial charge on any atom is -0.380 e. The zero-order valence-corrected chi connectivity index (χ0v) is 11.6. The van der Waals surface area contributed by atoms with E-state index in [9.17, 15) is 0 Å². The van der Waals surface area contributed by atoms with Gasteiger partial charge in [0.05, 0.1) is 6.61 Å². The van der Waals surface area contributed by atoms with Gasteiger partial charge in [-0.3, -0.25) is 0 Å². The number of fused-ring (bicyclic) bond motifs is 2. The van der Waals surface area contributed by atoms with Gasteiger partial charge >= 0.3 is 0 Å². The molecule has 3 heteroatoms. The third kappa shape index (κ3) is 3.43. The fourth-order valence-corrected chi connectivity index (χ4v) is 3.41. The Bertz CT molecular complexity index is 220. The first-order valence-electron chi connectivity index (χ1n) is 7.23. The van der Waals surface area contributed by atoms with Crippen molar-refractivity contribution in [3.05, 3.63) is 0 Å². The first-order chi connectivity index (χ1) is 8.20. The van der Waals surface area contributed by atoms with Gasteiger partial charge in [0, 0.05) is 24.7 Å². The van der Waals surface area contributed by atoms with Gasteiger partial charge in [0.1, 0.15) is 0 Å². The molecule has 2 heterocycles. The minimum atomic E-state index is 0.493. The van der Waals surface area contributed by atoms with E-state index in [0.29, 0.717) is 6.04 Å². The quantitative estimate of drug-likeness (QED) is 0.767. The Labute approximate surface area is 106 Å². The minimum absolute atomic E-state index is 0.493. The predicted molar refractivity (Wildman–Crippen MR) is 71.3 cm³/mol. The Morgan fingerprint density at radius 1 is 1.29 bits per heavy atom. The third-order valence-corrected chi connectivity index (χ3v) is 4.52. The van der Waals surface area contributed by atoms with Crippen molar-refractivity contribution in [1.29, 1.82) is 0 Å². The van der Waals surface area contributed by atoms with Crippen molar-refractivity contribution in [3.8, 4) is 0 Å². The number of ether oxygens (including phenoxy) is 1. The highest BCUT2D eigenvalue weighted by Crippen LogP contribution is 2.36. The topological polar surface area (TPSA) is 24.5 Å². The number of hydrogen-bond donors (Lipinski definition) is 1. The summed E-state index contributed by atoms with van der Waals surface area (Å²) in [6.45, 7) is 7.12. The van der Waals surface area contributed by atoms with E-state index in [0.717, 1.165) is 31.2 Å². The molecule has 2 rings (SSSR count). The second kappa shape index (κ2) is 6.17. The van der Waals surface area contributed by atoms with Gasteiger partial charge in [-0.05, 0) is 59.0 Å². The van der Waals surface area contributed by atoms with Crippen LogP contribution < -0.4 is 5.32 Å². The van der Waals surface area contributed by atoms with E-state index in [2.05, 4.69) is 31.1 Å². The molecular weight excluding hydrogens is 212 g/mol. The maximum Gasteiger partial charge on any atom is 0.0616 e. The van der Waals surface area contributed by atoms with Crippen LogP contribution in [0.4, 0.5) is 0 Å². The maximum absolute atomic E-state index is 5.44. The van der Waals surface area contributed by atoms with Crippen LogP contribution >= 0.6 is 0 Å². The summed E-state index contributed by atoms with van der Waals surface area (Å²) in [7, 11) is 2.31. The van der Waals surface area contributed by atoms with E-state index < -0.39 is 0 Å². The highest BCUT2D eigenvalue weighted by Gasteiger charge is 2.38. The van der Waals surface area contributed by atoms with Crippen LogP contribution in [0.25, 0.3) is 0 Å². The first kappa shape index (κ1) is 13.3. The van der Waals surface area contributed by atoms with Gasteiger partial charge in [0.15, 0.2) is 0 Å². The van der Waals surface area contributed by atoms with Crippen LogP contribution in [0.1, 0.15) is 39.5 Å². The zero-order valence-electron chi connectivity index (χ0n) is 11.6. The lowest BCUT2D eigenvalue weighted by molar-refractivity contribution is 0.112. The van der Waals surface area contributed by atoms with Crippen molar-refractivity contribution in [3.63, 3.8) is 0 Å². The van der Waals surface area contributed by atoms with Crippen LogP contribution in [0.15, 0.2) is 0 Å². The number of hydrogen-bond acceptors (Lipinski definition) is 3. The summed E-state index contributed by atoms with van der Waals surface area (Å²) < 4.78 is 5.44. The van der Waals surface area contributed by atoms with Crippen LogP contribution in [0.2, 0.25) is 0 Å². The molecular formula is C14H28N2O. The van der Waals surface area contributed by atoms with Gasteiger partial charge in [0.2, 0.25) is 0 Å². The van der Waals surface area contributed by atoms with Crippen molar-refractivity contribution < 1.29 is 4.74 Å². The molecule has 0 amide bonds. The van der Waals surface area contributed by atoms with Crippen molar-refractivity contribution in [2.45, 2.75) is 57.7 Å². The number of piperidine rings is 1. The van der Waals surface area contributed by atoms with E-state index in [1.165, 1.54) is 32.2 Å². The highest BCUT2D eigenvalue weighted by molar-refractivity contribution is 4.93. The highest BCUT2D eigenvalue weighted by atomic mass is 16.5. The standard InChI is InChI=1S/C14H28N2O/c1-4-17-10-11(2)15-9-12-7-13-5-6-14(8-12)16(13)3/h11-15H,4-10H2,1-3H3. The Hall–Kier alpha value is -0.120. The summed E-state index contributed by atoms with van der Waals surface area (Å²) in [5.41, 5.74) is 0. The van der Waals surface area contributed by atoms with E-state index >= 15 is 0 Å². The van der Waals surface area contributed by atoms with Crippen LogP contribution in [0.3, 0.4) is 0 Å². The molecule has 3 atom stereocenters. The number of nitrogens with zero attached hydrogens (tertiary/aromatic N) is 1. The van der Waals surface area contributed by atoms with E-state index in [1.807, 2.05) is 0 Å². The fourth-order valence-electron chi connectivity index (χ4n) is 3.41. The molecule has 0 aliphatic carbocycles. The largest absolute Gasteiger partial charge is 0.380 e. The summed E-state index contributed by atoms with van der Waals surface area (Å²) in [4.78, 5) is 2.61. The maximum atomic E-state index is 5.44. The van der Waals surface area contributed by atoms with E-state index in [1.54, 1.807) is 0 Å². The molecule has 0 aromatic carbocycles. The molecule has 2 aliphatic rings. The second-order valence-electron chi connectivity index (χ2n) is 5.86. The Morgan fingerprint density at radius 3 is 2.53 bits per heavy atom. The molecule has 2 aliphatic heterocycles. The lowest BCUT2D eigenvalue weighted by atomic mass is 9.91. The van der Waals surface area contributed by atoms with Crippen molar-refractivity contribution >= 4 is 0 Å². The Kier molecular flexibility index (Phi) is 4.83. The van der Waals surface area contributed by atoms with Crippen molar-refractivity contribution in [2.75, 3.05) is 26.8 Å². The van der Waals surface area contributed by atoms with Crippen LogP contribution in [0, 0.1) is 5.92 Å². The molecule has 0 aromatic heterocycles. The summed E-state index contributed by atoms with van der Waals surface area (Å²) in [6.07, 6.45) is 5.63. The lowest BCUT2D eigenvalue weighted by Crippen LogP contribution is -2.44. The predicted octanol–water partition coefficient (Wildman–Crippen LogP) is 1.87. The molecule has 0 saturated carbocycles. The molecule has 0 aromatic rings. The molecule has 100 valence electrons. The van der Waals surface area contributed by atoms with Gasteiger partial charge in [-0.25, -0.2) is 0 Å². The average molecular weight is 240 g/mol. The number of nitrogens with one attached hydrogen (secondary N) is 1. The monoisotopic (exact) mass is 240 g/mol. The Morgan fingerprint density at radius 2 is 1.94 bits per heavy atom. The van der Waals surface area contributed by atoms with Gasteiger partial charge in [-0.2, -0.15) is 0 Å². The zero-order chi connectivity index (χ0) is 12.3. The molecule has 2 bridgehead atoms. The molecule has 2 saturated heterocycles. The van der Waals surface area contributed by atoms with Crippen LogP contribution in [-0.2, 0) is 4.74 Å². The van der Waals surface area contributed by atoms with Crippen molar-refractivity contribution in [1.82, 2.24) is 10.2 Å². The smallest absolute Gasteiger partial charge is 0.0616 e. The SMILES string of the molecule is CCOCC(C)NCC1CC2CCC(C1)N2C. The molecule has 3 nitrogen and oxygen atoms in total. The summed E-state index contributed by atoms with van der Waals surface area (Å²) in [5, 5.41) is 3.63. The molecule has 17 heavy (non-hydrogen) atoms. The van der Waals surface area contributed by atoms with Gasteiger partial charge in [-0.15, -0.1) is 0 Å². The van der Waals surface area contributed by atoms with Gasteiger partial charge < -0.3 is 15.0 Å². The van der Waals surface area contributed by atoms with Crippen molar-refractivity contribution in [2.24, 2.45) is 5.92 Å². The third-order valence-electron chi connectivity index (χ3n) is 4.52. The summed E-state index contributed by atoms with van der Waals surface area (Å²) in [6, 6.07) is 2.22. The van der Waals surface area contributed by atoms with Gasteiger partial charge in [-0.1, -0.05) is 0 Å². The van der Waals surface area contributed by atoms with Crippen LogP contribution in [-0.4, -0.2) is 49.8 Å². The fraction of sp³-hybridized carbons (Fsp3) is 1.00. The Balaban J connectivity index is 1.67. The second-order valence-corrected chi connectivity index (χ2v) is 5.86. The normalized spacial score (nSPS) is 35.1. The lowest BCUT2D eigenvalue weighted by Gasteiger charge is -2.36. The molecule has 2 fully saturated rings. The van der Waals surface area contributed by atoms with E-state index in [4.69, 9.17) is 4.74 Å². The summed E-state index contributed by atoms with van der Waals surface area (Å²) in [5.74, 6) is 0.882. The van der Waals surface area contributed by atoms with Gasteiger partial charge in [0.25, 0.3) is 0 Å². The van der Waals surface area contributed by atoms with E-state index in [-0.39, 0.29) is 0 Å². The number of rotatable bonds is 6. The molecule has 0 radical (unpaired) electrons. The van der Waals surface area contributed by atoms with Crippen LogP contribution in [0.5, 0.6) is 0 Å².